The molecule has 1 aromatic carbocycles. The number of carbonyl (C=O) groups excluding carboxylic acids is 3. The number of imidazole rings is 1. The van der Waals surface area contributed by atoms with Crippen LogP contribution in [-0.4, -0.2) is 63.8 Å². The van der Waals surface area contributed by atoms with Crippen LogP contribution in [0.5, 0.6) is 0 Å². The van der Waals surface area contributed by atoms with Gasteiger partial charge < -0.3 is 15.2 Å². The quantitative estimate of drug-likeness (QED) is 0.843. The molecule has 3 heterocycles. The summed E-state index contributed by atoms with van der Waals surface area (Å²) in [6.45, 7) is 3.91. The molecule has 2 aromatic rings. The molecular weight excluding hydrogens is 358 g/mol. The second kappa shape index (κ2) is 7.61. The van der Waals surface area contributed by atoms with Crippen molar-refractivity contribution in [2.24, 2.45) is 0 Å². The molecule has 0 spiro atoms. The smallest absolute Gasteiger partial charge is 0.324 e. The minimum atomic E-state index is -0.400. The van der Waals surface area contributed by atoms with E-state index in [1.54, 1.807) is 0 Å². The van der Waals surface area contributed by atoms with Gasteiger partial charge in [0, 0.05) is 44.9 Å². The van der Waals surface area contributed by atoms with Crippen LogP contribution in [0.2, 0.25) is 0 Å². The van der Waals surface area contributed by atoms with Crippen LogP contribution in [0.3, 0.4) is 0 Å². The number of piperidine rings is 1. The molecule has 0 aliphatic carbocycles. The number of H-pyrrole nitrogens is 1. The summed E-state index contributed by atoms with van der Waals surface area (Å²) in [6, 6.07) is 5.79. The van der Waals surface area contributed by atoms with Crippen molar-refractivity contribution in [1.29, 1.82) is 0 Å². The fourth-order valence-electron chi connectivity index (χ4n) is 3.95. The molecule has 8 heteroatoms. The van der Waals surface area contributed by atoms with Gasteiger partial charge in [-0.1, -0.05) is 6.07 Å². The van der Waals surface area contributed by atoms with Gasteiger partial charge in [0.25, 0.3) is 0 Å². The average Bonchev–Trinajstić information content (AvgIpc) is 3.10. The molecule has 0 radical (unpaired) electrons. The Morgan fingerprint density at radius 1 is 1.25 bits per heavy atom. The van der Waals surface area contributed by atoms with Crippen molar-refractivity contribution in [2.75, 3.05) is 26.2 Å². The second-order valence-corrected chi connectivity index (χ2v) is 7.58. The lowest BCUT2D eigenvalue weighted by atomic mass is 9.96. The maximum atomic E-state index is 12.5. The first-order valence-corrected chi connectivity index (χ1v) is 9.83. The van der Waals surface area contributed by atoms with Gasteiger partial charge in [-0.2, -0.15) is 0 Å². The van der Waals surface area contributed by atoms with E-state index in [-0.39, 0.29) is 24.8 Å². The first-order chi connectivity index (χ1) is 13.5. The van der Waals surface area contributed by atoms with Gasteiger partial charge in [0.2, 0.25) is 11.8 Å². The number of fused-ring (bicyclic) bond motifs is 1. The zero-order valence-corrected chi connectivity index (χ0v) is 16.0. The zero-order valence-electron chi connectivity index (χ0n) is 16.0. The van der Waals surface area contributed by atoms with E-state index in [1.165, 1.54) is 5.56 Å². The lowest BCUT2D eigenvalue weighted by Crippen LogP contribution is -2.51. The molecule has 0 saturated carbocycles. The van der Waals surface area contributed by atoms with Crippen molar-refractivity contribution in [1.82, 2.24) is 25.1 Å². The van der Waals surface area contributed by atoms with E-state index in [0.29, 0.717) is 32.0 Å². The van der Waals surface area contributed by atoms with Crippen LogP contribution in [0.15, 0.2) is 18.2 Å². The molecule has 2 saturated heterocycles. The Labute approximate surface area is 163 Å². The van der Waals surface area contributed by atoms with Crippen LogP contribution in [0, 0.1) is 6.92 Å². The lowest BCUT2D eigenvalue weighted by molar-refractivity contribution is -0.133. The summed E-state index contributed by atoms with van der Waals surface area (Å²) in [6.07, 6.45) is 2.18. The summed E-state index contributed by atoms with van der Waals surface area (Å²) >= 11 is 0. The van der Waals surface area contributed by atoms with Crippen molar-refractivity contribution in [3.05, 3.63) is 29.6 Å². The Hall–Kier alpha value is -2.90. The number of urea groups is 1. The molecule has 2 aliphatic rings. The van der Waals surface area contributed by atoms with Crippen LogP contribution in [0.25, 0.3) is 11.0 Å². The van der Waals surface area contributed by atoms with Crippen LogP contribution in [0.4, 0.5) is 4.79 Å². The van der Waals surface area contributed by atoms with Crippen LogP contribution >= 0.6 is 0 Å². The summed E-state index contributed by atoms with van der Waals surface area (Å²) < 4.78 is 0. The topological polar surface area (TPSA) is 98.4 Å². The number of nitrogens with zero attached hydrogens (tertiary/aromatic N) is 3. The number of hydrogen-bond acceptors (Lipinski definition) is 4. The predicted molar refractivity (Wildman–Crippen MR) is 104 cm³/mol. The molecule has 4 rings (SSSR count). The standard InChI is InChI=1S/C20H25N5O3/c1-13-2-3-15-16(12-13)23-19(22-15)14-5-9-24(10-6-14)17(26)7-11-25-18(27)4-8-21-20(25)28/h2-3,12,14H,4-11H2,1H3,(H,21,28)(H,22,23). The normalized spacial score (nSPS) is 18.6. The SMILES string of the molecule is Cc1ccc2nc(C3CCN(C(=O)CCN4C(=O)CCNC4=O)CC3)[nH]c2c1. The maximum Gasteiger partial charge on any atom is 0.324 e. The van der Waals surface area contributed by atoms with E-state index >= 15 is 0 Å². The zero-order chi connectivity index (χ0) is 19.7. The number of rotatable bonds is 4. The molecule has 148 valence electrons. The Morgan fingerprint density at radius 3 is 2.79 bits per heavy atom. The van der Waals surface area contributed by atoms with Crippen LogP contribution in [0.1, 0.15) is 43.0 Å². The molecular formula is C20H25N5O3. The highest BCUT2D eigenvalue weighted by Gasteiger charge is 2.29. The number of likely N-dealkylation sites (tertiary alicyclic amines) is 1. The number of amides is 4. The molecule has 28 heavy (non-hydrogen) atoms. The van der Waals surface area contributed by atoms with Crippen molar-refractivity contribution < 1.29 is 14.4 Å². The molecule has 2 fully saturated rings. The summed E-state index contributed by atoms with van der Waals surface area (Å²) in [5.41, 5.74) is 3.23. The Kier molecular flexibility index (Phi) is 5.02. The molecule has 2 N–H and O–H groups in total. The third-order valence-electron chi connectivity index (χ3n) is 5.60. The van der Waals surface area contributed by atoms with Crippen molar-refractivity contribution >= 4 is 28.9 Å². The highest BCUT2D eigenvalue weighted by atomic mass is 16.2. The highest BCUT2D eigenvalue weighted by Crippen LogP contribution is 2.28. The van der Waals surface area contributed by atoms with E-state index in [2.05, 4.69) is 29.4 Å². The predicted octanol–water partition coefficient (Wildman–Crippen LogP) is 1.91. The van der Waals surface area contributed by atoms with Gasteiger partial charge >= 0.3 is 6.03 Å². The first-order valence-electron chi connectivity index (χ1n) is 9.83. The number of hydrogen-bond donors (Lipinski definition) is 2. The highest BCUT2D eigenvalue weighted by molar-refractivity contribution is 5.97. The summed E-state index contributed by atoms with van der Waals surface area (Å²) in [5, 5.41) is 2.63. The summed E-state index contributed by atoms with van der Waals surface area (Å²) in [4.78, 5) is 47.2. The molecule has 0 unspecified atom stereocenters. The second-order valence-electron chi connectivity index (χ2n) is 7.58. The van der Waals surface area contributed by atoms with Crippen molar-refractivity contribution in [3.63, 3.8) is 0 Å². The summed E-state index contributed by atoms with van der Waals surface area (Å²) in [5.74, 6) is 1.08. The Balaban J connectivity index is 1.31. The van der Waals surface area contributed by atoms with Crippen molar-refractivity contribution in [2.45, 2.75) is 38.5 Å². The van der Waals surface area contributed by atoms with Gasteiger partial charge in [0.15, 0.2) is 0 Å². The lowest BCUT2D eigenvalue weighted by Gasteiger charge is -2.32. The number of carbonyl (C=O) groups is 3. The van der Waals surface area contributed by atoms with E-state index < -0.39 is 6.03 Å². The van der Waals surface area contributed by atoms with Gasteiger partial charge in [-0.15, -0.1) is 0 Å². The summed E-state index contributed by atoms with van der Waals surface area (Å²) in [7, 11) is 0. The van der Waals surface area contributed by atoms with Gasteiger partial charge in [-0.3, -0.25) is 14.5 Å². The van der Waals surface area contributed by atoms with Crippen LogP contribution < -0.4 is 5.32 Å². The molecule has 8 nitrogen and oxygen atoms in total. The van der Waals surface area contributed by atoms with Gasteiger partial charge in [-0.25, -0.2) is 9.78 Å². The van der Waals surface area contributed by atoms with Gasteiger partial charge in [0.05, 0.1) is 11.0 Å². The number of aromatic nitrogens is 2. The number of benzene rings is 1. The fraction of sp³-hybridized carbons (Fsp3) is 0.500. The average molecular weight is 383 g/mol. The molecule has 4 amide bonds. The first kappa shape index (κ1) is 18.5. The van der Waals surface area contributed by atoms with Crippen molar-refractivity contribution in [3.8, 4) is 0 Å². The Bertz CT molecular complexity index is 898. The number of aromatic amines is 1. The molecule has 2 aliphatic heterocycles. The van der Waals surface area contributed by atoms with E-state index in [1.807, 2.05) is 11.0 Å². The maximum absolute atomic E-state index is 12.5. The molecule has 0 bridgehead atoms. The molecule has 1 aromatic heterocycles. The third-order valence-corrected chi connectivity index (χ3v) is 5.60. The van der Waals surface area contributed by atoms with Crippen LogP contribution in [-0.2, 0) is 9.59 Å². The minimum Gasteiger partial charge on any atom is -0.343 e. The number of aryl methyl sites for hydroxylation is 1. The molecule has 0 atom stereocenters. The minimum absolute atomic E-state index is 0.00939. The fourth-order valence-corrected chi connectivity index (χ4v) is 3.95. The van der Waals surface area contributed by atoms with E-state index in [9.17, 15) is 14.4 Å². The number of nitrogens with one attached hydrogen (secondary N) is 2. The van der Waals surface area contributed by atoms with Gasteiger partial charge in [0.1, 0.15) is 5.82 Å². The number of imide groups is 1. The van der Waals surface area contributed by atoms with Gasteiger partial charge in [-0.05, 0) is 37.5 Å². The monoisotopic (exact) mass is 383 g/mol. The largest absolute Gasteiger partial charge is 0.343 e. The van der Waals surface area contributed by atoms with E-state index in [0.717, 1.165) is 34.6 Å². The third kappa shape index (κ3) is 3.72. The Morgan fingerprint density at radius 2 is 2.04 bits per heavy atom. The van der Waals surface area contributed by atoms with E-state index in [4.69, 9.17) is 4.98 Å².